The molecule has 0 aromatic carbocycles. The van der Waals surface area contributed by atoms with Crippen molar-refractivity contribution in [2.24, 2.45) is 17.8 Å². The number of amides is 2. The lowest BCUT2D eigenvalue weighted by molar-refractivity contribution is -0.154. The molecule has 2 N–H and O–H groups in total. The molecule has 3 rings (SSSR count). The van der Waals surface area contributed by atoms with Gasteiger partial charge < -0.3 is 20.1 Å². The summed E-state index contributed by atoms with van der Waals surface area (Å²) in [5.41, 5.74) is 0. The van der Waals surface area contributed by atoms with Crippen LogP contribution in [0.4, 0.5) is 0 Å². The number of ether oxygens (including phenoxy) is 1. The number of nitrogens with one attached hydrogen (secondary N) is 1. The molecule has 3 unspecified atom stereocenters. The smallest absolute Gasteiger partial charge is 0.310 e. The molecule has 170 valence electrons. The molecule has 3 heterocycles. The Hall–Kier alpha value is -0.800. The van der Waals surface area contributed by atoms with Crippen molar-refractivity contribution in [3.63, 3.8) is 0 Å². The van der Waals surface area contributed by atoms with Gasteiger partial charge in [-0.3, -0.25) is 14.4 Å². The van der Waals surface area contributed by atoms with Gasteiger partial charge in [-0.15, -0.1) is 11.8 Å². The molecule has 3 fully saturated rings. The summed E-state index contributed by atoms with van der Waals surface area (Å²) in [5, 5.41) is 13.0. The number of fused-ring (bicyclic) bond motifs is 1. The molecule has 3 aliphatic rings. The van der Waals surface area contributed by atoms with Crippen LogP contribution in [0.3, 0.4) is 0 Å². The Morgan fingerprint density at radius 1 is 1.37 bits per heavy atom. The number of carbonyl (C=O) groups is 3. The average Bonchev–Trinajstić information content (AvgIpc) is 3.22. The molecule has 9 heteroatoms. The maximum Gasteiger partial charge on any atom is 0.310 e. The maximum atomic E-state index is 13.8. The first kappa shape index (κ1) is 23.9. The number of aliphatic hydroxyl groups excluding tert-OH is 1. The molecule has 2 amide bonds. The molecule has 0 aliphatic carbocycles. The van der Waals surface area contributed by atoms with Crippen molar-refractivity contribution >= 4 is 45.5 Å². The Morgan fingerprint density at radius 2 is 2.03 bits per heavy atom. The monoisotopic (exact) mass is 504 g/mol. The van der Waals surface area contributed by atoms with Crippen LogP contribution in [0.5, 0.6) is 0 Å². The normalized spacial score (nSPS) is 35.8. The van der Waals surface area contributed by atoms with E-state index in [9.17, 15) is 19.5 Å². The number of alkyl halides is 1. The Kier molecular flexibility index (Phi) is 7.14. The van der Waals surface area contributed by atoms with Crippen molar-refractivity contribution in [1.29, 1.82) is 0 Å². The van der Waals surface area contributed by atoms with E-state index in [4.69, 9.17) is 4.74 Å². The second-order valence-electron chi connectivity index (χ2n) is 9.29. The molecule has 0 radical (unpaired) electrons. The van der Waals surface area contributed by atoms with Crippen molar-refractivity contribution < 1.29 is 24.2 Å². The van der Waals surface area contributed by atoms with Crippen molar-refractivity contribution in [3.8, 4) is 0 Å². The standard InChI is InChI=1S/C21H33BrN2O5S/c1-6-29-20(28)14-15-19(27)24(12(9-25)7-10(2)3)17(18(26)23-11(4)5)21(15)8-13(22)16(14)30-21/h10-17,25H,6-9H2,1-5H3,(H,23,26)/t12-,13?,14+,15+,16+,17?,21?/m1/s1. The van der Waals surface area contributed by atoms with E-state index in [0.717, 1.165) is 0 Å². The highest BCUT2D eigenvalue weighted by molar-refractivity contribution is 9.09. The minimum atomic E-state index is -0.720. The largest absolute Gasteiger partial charge is 0.466 e. The van der Waals surface area contributed by atoms with Gasteiger partial charge in [-0.1, -0.05) is 29.8 Å². The van der Waals surface area contributed by atoms with E-state index in [0.29, 0.717) is 12.8 Å². The number of hydrogen-bond acceptors (Lipinski definition) is 6. The number of hydrogen-bond donors (Lipinski definition) is 2. The molecule has 7 nitrogen and oxygen atoms in total. The zero-order valence-corrected chi connectivity index (χ0v) is 20.7. The van der Waals surface area contributed by atoms with Crippen molar-refractivity contribution in [2.45, 2.75) is 80.4 Å². The number of likely N-dealkylation sites (tertiary alicyclic amines) is 1. The predicted molar refractivity (Wildman–Crippen MR) is 119 cm³/mol. The van der Waals surface area contributed by atoms with E-state index < -0.39 is 28.7 Å². The quantitative estimate of drug-likeness (QED) is 0.387. The van der Waals surface area contributed by atoms with Gasteiger partial charge in [0.25, 0.3) is 0 Å². The van der Waals surface area contributed by atoms with Gasteiger partial charge in [0, 0.05) is 16.1 Å². The first-order valence-electron chi connectivity index (χ1n) is 10.8. The molecule has 2 bridgehead atoms. The summed E-state index contributed by atoms with van der Waals surface area (Å²) < 4.78 is 4.64. The van der Waals surface area contributed by atoms with Gasteiger partial charge in [0.05, 0.1) is 35.8 Å². The van der Waals surface area contributed by atoms with Gasteiger partial charge in [0.1, 0.15) is 6.04 Å². The lowest BCUT2D eigenvalue weighted by Gasteiger charge is -2.38. The average molecular weight is 505 g/mol. The van der Waals surface area contributed by atoms with Crippen LogP contribution in [0, 0.1) is 17.8 Å². The van der Waals surface area contributed by atoms with Crippen LogP contribution in [0.15, 0.2) is 0 Å². The Balaban J connectivity index is 2.08. The summed E-state index contributed by atoms with van der Waals surface area (Å²) in [5.74, 6) is -1.72. The fourth-order valence-corrected chi connectivity index (χ4v) is 9.04. The van der Waals surface area contributed by atoms with Gasteiger partial charge >= 0.3 is 5.97 Å². The second-order valence-corrected chi connectivity index (χ2v) is 12.0. The number of aliphatic hydroxyl groups is 1. The SMILES string of the molecule is CCOC(=O)[C@H]1[C@H]2C(=O)N([C@@H](CO)CC(C)C)C(C(=O)NC(C)C)C23CC(Br)[C@@H]1S3. The minimum Gasteiger partial charge on any atom is -0.466 e. The van der Waals surface area contributed by atoms with Crippen molar-refractivity contribution in [2.75, 3.05) is 13.2 Å². The number of esters is 1. The zero-order valence-electron chi connectivity index (χ0n) is 18.3. The van der Waals surface area contributed by atoms with E-state index in [1.807, 2.05) is 27.7 Å². The van der Waals surface area contributed by atoms with Crippen LogP contribution in [-0.2, 0) is 19.1 Å². The van der Waals surface area contributed by atoms with Crippen LogP contribution < -0.4 is 5.32 Å². The third kappa shape index (κ3) is 3.79. The first-order valence-corrected chi connectivity index (χ1v) is 12.6. The number of thioether (sulfide) groups is 1. The van der Waals surface area contributed by atoms with E-state index in [1.54, 1.807) is 23.6 Å². The van der Waals surface area contributed by atoms with Gasteiger partial charge in [0.2, 0.25) is 11.8 Å². The molecule has 3 saturated heterocycles. The summed E-state index contributed by atoms with van der Waals surface area (Å²) in [6.45, 7) is 9.63. The molecule has 3 aliphatic heterocycles. The fraction of sp³-hybridized carbons (Fsp3) is 0.857. The van der Waals surface area contributed by atoms with Crippen molar-refractivity contribution in [1.82, 2.24) is 10.2 Å². The van der Waals surface area contributed by atoms with E-state index in [2.05, 4.69) is 21.2 Å². The number of rotatable bonds is 8. The van der Waals surface area contributed by atoms with Crippen molar-refractivity contribution in [3.05, 3.63) is 0 Å². The van der Waals surface area contributed by atoms with Gasteiger partial charge in [-0.25, -0.2) is 0 Å². The van der Waals surface area contributed by atoms with Gasteiger partial charge in [-0.05, 0) is 39.5 Å². The molecule has 0 aromatic rings. The van der Waals surface area contributed by atoms with Gasteiger partial charge in [-0.2, -0.15) is 0 Å². The van der Waals surface area contributed by atoms with Crippen LogP contribution in [0.1, 0.15) is 47.5 Å². The number of nitrogens with zero attached hydrogens (tertiary/aromatic N) is 1. The summed E-state index contributed by atoms with van der Waals surface area (Å²) in [7, 11) is 0. The third-order valence-corrected chi connectivity index (χ3v) is 9.53. The van der Waals surface area contributed by atoms with E-state index in [1.165, 1.54) is 0 Å². The molecule has 30 heavy (non-hydrogen) atoms. The molecule has 1 spiro atoms. The third-order valence-electron chi connectivity index (χ3n) is 6.31. The second kappa shape index (κ2) is 8.98. The van der Waals surface area contributed by atoms with Crippen LogP contribution in [0.25, 0.3) is 0 Å². The fourth-order valence-electron chi connectivity index (χ4n) is 5.45. The summed E-state index contributed by atoms with van der Waals surface area (Å²) in [4.78, 5) is 41.7. The number of carbonyl (C=O) groups excluding carboxylic acids is 3. The van der Waals surface area contributed by atoms with E-state index in [-0.39, 0.29) is 53.0 Å². The summed E-state index contributed by atoms with van der Waals surface area (Å²) in [6, 6.07) is -1.26. The van der Waals surface area contributed by atoms with Crippen LogP contribution in [0.2, 0.25) is 0 Å². The highest BCUT2D eigenvalue weighted by atomic mass is 79.9. The molecule has 0 aromatic heterocycles. The Labute approximate surface area is 191 Å². The number of halogens is 1. The Bertz CT molecular complexity index is 705. The highest BCUT2D eigenvalue weighted by Gasteiger charge is 2.76. The van der Waals surface area contributed by atoms with E-state index >= 15 is 0 Å². The summed E-state index contributed by atoms with van der Waals surface area (Å²) in [6.07, 6.45) is 1.22. The first-order chi connectivity index (χ1) is 14.1. The lowest BCUT2D eigenvalue weighted by atomic mass is 9.71. The predicted octanol–water partition coefficient (Wildman–Crippen LogP) is 1.95. The lowest BCUT2D eigenvalue weighted by Crippen LogP contribution is -2.58. The van der Waals surface area contributed by atoms with Crippen LogP contribution in [-0.4, -0.2) is 74.0 Å². The molecular formula is C21H33BrN2O5S. The van der Waals surface area contributed by atoms with Gasteiger partial charge in [0.15, 0.2) is 0 Å². The topological polar surface area (TPSA) is 95.9 Å². The zero-order chi connectivity index (χ0) is 22.4. The highest BCUT2D eigenvalue weighted by Crippen LogP contribution is 2.68. The van der Waals surface area contributed by atoms with Crippen LogP contribution >= 0.6 is 27.7 Å². The molecule has 7 atom stereocenters. The minimum absolute atomic E-state index is 0.0212. The Morgan fingerprint density at radius 3 is 2.57 bits per heavy atom. The molecular weight excluding hydrogens is 472 g/mol. The maximum absolute atomic E-state index is 13.8. The summed E-state index contributed by atoms with van der Waals surface area (Å²) >= 11 is 5.29. The molecule has 0 saturated carbocycles.